The van der Waals surface area contributed by atoms with Gasteiger partial charge in [0.2, 0.25) is 0 Å². The van der Waals surface area contributed by atoms with Crippen molar-refractivity contribution in [2.75, 3.05) is 5.32 Å². The first-order chi connectivity index (χ1) is 15.3. The predicted octanol–water partition coefficient (Wildman–Crippen LogP) is 5.53. The van der Waals surface area contributed by atoms with Crippen molar-refractivity contribution in [3.63, 3.8) is 0 Å². The van der Waals surface area contributed by atoms with Gasteiger partial charge in [0.1, 0.15) is 28.1 Å². The Labute approximate surface area is 189 Å². The van der Waals surface area contributed by atoms with Crippen molar-refractivity contribution in [1.29, 1.82) is 0 Å². The molecule has 0 aliphatic heterocycles. The summed E-state index contributed by atoms with van der Waals surface area (Å²) < 4.78 is 20.5. The molecule has 0 spiro atoms. The molecule has 4 aromatic rings. The lowest BCUT2D eigenvalue weighted by molar-refractivity contribution is 0.102. The number of thiazole rings is 1. The fourth-order valence-corrected chi connectivity index (χ4v) is 4.20. The average molecular weight is 451 g/mol. The summed E-state index contributed by atoms with van der Waals surface area (Å²) in [4.78, 5) is 18.0. The molecule has 0 aliphatic rings. The smallest absolute Gasteiger partial charge is 0.267 e. The number of aryl methyl sites for hydroxylation is 3. The zero-order chi connectivity index (χ0) is 22.8. The highest BCUT2D eigenvalue weighted by Gasteiger charge is 2.20. The molecule has 0 saturated carbocycles. The van der Waals surface area contributed by atoms with E-state index in [-0.39, 0.29) is 18.3 Å². The quantitative estimate of drug-likeness (QED) is 0.419. The Hall–Kier alpha value is -3.52. The second kappa shape index (κ2) is 8.92. The van der Waals surface area contributed by atoms with E-state index in [1.54, 1.807) is 19.1 Å². The van der Waals surface area contributed by atoms with E-state index >= 15 is 0 Å². The van der Waals surface area contributed by atoms with Crippen LogP contribution in [0, 0.1) is 33.5 Å². The Kier molecular flexibility index (Phi) is 6.05. The SMILES string of the molecule is Cc1ccc(-n2nc(C)c(NC(=O)c3sc(COc4ccc(F)cc4)nc3C)c2C)cc1. The molecule has 0 fully saturated rings. The third-order valence-corrected chi connectivity index (χ3v) is 6.16. The van der Waals surface area contributed by atoms with E-state index in [1.165, 1.54) is 29.0 Å². The summed E-state index contributed by atoms with van der Waals surface area (Å²) >= 11 is 1.28. The number of carbonyl (C=O) groups excluding carboxylic acids is 1. The van der Waals surface area contributed by atoms with Crippen LogP contribution in [0.5, 0.6) is 5.75 Å². The lowest BCUT2D eigenvalue weighted by Gasteiger charge is -2.07. The number of benzene rings is 2. The van der Waals surface area contributed by atoms with Crippen LogP contribution in [0.1, 0.15) is 37.3 Å². The first kappa shape index (κ1) is 21.7. The van der Waals surface area contributed by atoms with Gasteiger partial charge < -0.3 is 10.1 Å². The van der Waals surface area contributed by atoms with Crippen LogP contribution in [0.25, 0.3) is 5.69 Å². The summed E-state index contributed by atoms with van der Waals surface area (Å²) in [5.74, 6) is -0.0135. The zero-order valence-electron chi connectivity index (χ0n) is 18.3. The van der Waals surface area contributed by atoms with Crippen molar-refractivity contribution in [2.24, 2.45) is 0 Å². The number of rotatable bonds is 6. The van der Waals surface area contributed by atoms with Crippen LogP contribution in [-0.2, 0) is 6.61 Å². The fraction of sp³-hybridized carbons (Fsp3) is 0.208. The van der Waals surface area contributed by atoms with Crippen LogP contribution in [-0.4, -0.2) is 20.7 Å². The number of ether oxygens (including phenoxy) is 1. The van der Waals surface area contributed by atoms with Crippen LogP contribution in [0.2, 0.25) is 0 Å². The number of nitrogens with one attached hydrogen (secondary N) is 1. The van der Waals surface area contributed by atoms with E-state index in [9.17, 15) is 9.18 Å². The van der Waals surface area contributed by atoms with Gasteiger partial charge >= 0.3 is 0 Å². The monoisotopic (exact) mass is 450 g/mol. The zero-order valence-corrected chi connectivity index (χ0v) is 19.1. The molecule has 0 saturated heterocycles. The van der Waals surface area contributed by atoms with Gasteiger partial charge in [-0.25, -0.2) is 14.1 Å². The number of hydrogen-bond acceptors (Lipinski definition) is 5. The Morgan fingerprint density at radius 2 is 1.72 bits per heavy atom. The number of nitrogens with zero attached hydrogens (tertiary/aromatic N) is 3. The van der Waals surface area contributed by atoms with Crippen molar-refractivity contribution in [2.45, 2.75) is 34.3 Å². The van der Waals surface area contributed by atoms with Gasteiger partial charge in [-0.05, 0) is 64.1 Å². The second-order valence-corrected chi connectivity index (χ2v) is 8.60. The summed E-state index contributed by atoms with van der Waals surface area (Å²) in [5, 5.41) is 8.26. The summed E-state index contributed by atoms with van der Waals surface area (Å²) in [6.45, 7) is 7.83. The summed E-state index contributed by atoms with van der Waals surface area (Å²) in [6, 6.07) is 13.8. The fourth-order valence-electron chi connectivity index (χ4n) is 3.33. The van der Waals surface area contributed by atoms with Gasteiger partial charge in [0.05, 0.1) is 28.5 Å². The molecule has 0 atom stereocenters. The minimum Gasteiger partial charge on any atom is -0.486 e. The van der Waals surface area contributed by atoms with Crippen molar-refractivity contribution in [3.8, 4) is 11.4 Å². The molecule has 2 aromatic carbocycles. The van der Waals surface area contributed by atoms with Crippen LogP contribution in [0.3, 0.4) is 0 Å². The van der Waals surface area contributed by atoms with Gasteiger partial charge in [0, 0.05) is 0 Å². The molecule has 2 heterocycles. The summed E-state index contributed by atoms with van der Waals surface area (Å²) in [6.07, 6.45) is 0. The second-order valence-electron chi connectivity index (χ2n) is 7.51. The first-order valence-electron chi connectivity index (χ1n) is 10.1. The standard InChI is InChI=1S/C24H23FN4O2S/c1-14-5-9-19(10-6-14)29-17(4)22(15(2)28-29)27-24(30)23-16(3)26-21(32-23)13-31-20-11-7-18(25)8-12-20/h5-12H,13H2,1-4H3,(H,27,30). The molecule has 0 unspecified atom stereocenters. The van der Waals surface area contributed by atoms with Crippen LogP contribution < -0.4 is 10.1 Å². The Balaban J connectivity index is 1.49. The molecule has 1 N–H and O–H groups in total. The van der Waals surface area contributed by atoms with Gasteiger partial charge in [-0.3, -0.25) is 4.79 Å². The molecule has 4 rings (SSSR count). The molecule has 32 heavy (non-hydrogen) atoms. The van der Waals surface area contributed by atoms with Crippen LogP contribution in [0.4, 0.5) is 10.1 Å². The molecule has 164 valence electrons. The maximum absolute atomic E-state index is 13.0. The molecule has 2 aromatic heterocycles. The molecular formula is C24H23FN4O2S. The maximum atomic E-state index is 13.0. The molecule has 0 bridgehead atoms. The van der Waals surface area contributed by atoms with Crippen molar-refractivity contribution in [1.82, 2.24) is 14.8 Å². The van der Waals surface area contributed by atoms with Crippen LogP contribution >= 0.6 is 11.3 Å². The number of hydrogen-bond donors (Lipinski definition) is 1. The van der Waals surface area contributed by atoms with Crippen LogP contribution in [0.15, 0.2) is 48.5 Å². The highest BCUT2D eigenvalue weighted by atomic mass is 32.1. The summed E-state index contributed by atoms with van der Waals surface area (Å²) in [5.41, 5.74) is 5.01. The molecule has 1 amide bonds. The van der Waals surface area contributed by atoms with Crippen molar-refractivity contribution in [3.05, 3.63) is 86.9 Å². The minimum absolute atomic E-state index is 0.202. The Morgan fingerprint density at radius 1 is 1.03 bits per heavy atom. The van der Waals surface area contributed by atoms with Gasteiger partial charge in [-0.2, -0.15) is 5.10 Å². The highest BCUT2D eigenvalue weighted by Crippen LogP contribution is 2.26. The minimum atomic E-state index is -0.322. The summed E-state index contributed by atoms with van der Waals surface area (Å²) in [7, 11) is 0. The number of anilines is 1. The average Bonchev–Trinajstić information content (AvgIpc) is 3.28. The van der Waals surface area contributed by atoms with E-state index in [1.807, 2.05) is 49.7 Å². The molecule has 8 heteroatoms. The lowest BCUT2D eigenvalue weighted by atomic mass is 10.2. The first-order valence-corrected chi connectivity index (χ1v) is 10.9. The predicted molar refractivity (Wildman–Crippen MR) is 123 cm³/mol. The van der Waals surface area contributed by atoms with E-state index in [0.29, 0.717) is 27.0 Å². The maximum Gasteiger partial charge on any atom is 0.267 e. The normalized spacial score (nSPS) is 10.9. The van der Waals surface area contributed by atoms with Gasteiger partial charge in [-0.1, -0.05) is 17.7 Å². The van der Waals surface area contributed by atoms with Crippen molar-refractivity contribution >= 4 is 22.9 Å². The number of halogens is 1. The molecular weight excluding hydrogens is 427 g/mol. The molecule has 0 aliphatic carbocycles. The van der Waals surface area contributed by atoms with Gasteiger partial charge in [-0.15, -0.1) is 11.3 Å². The number of amides is 1. The van der Waals surface area contributed by atoms with Gasteiger partial charge in [0.15, 0.2) is 0 Å². The molecule has 0 radical (unpaired) electrons. The van der Waals surface area contributed by atoms with E-state index in [0.717, 1.165) is 17.1 Å². The van der Waals surface area contributed by atoms with Crippen molar-refractivity contribution < 1.29 is 13.9 Å². The van der Waals surface area contributed by atoms with E-state index in [4.69, 9.17) is 4.74 Å². The van der Waals surface area contributed by atoms with Gasteiger partial charge in [0.25, 0.3) is 5.91 Å². The Bertz CT molecular complexity index is 1260. The molecule has 6 nitrogen and oxygen atoms in total. The number of aromatic nitrogens is 3. The Morgan fingerprint density at radius 3 is 2.41 bits per heavy atom. The van der Waals surface area contributed by atoms with E-state index < -0.39 is 0 Å². The number of carbonyl (C=O) groups is 1. The third kappa shape index (κ3) is 4.55. The topological polar surface area (TPSA) is 69.0 Å². The third-order valence-electron chi connectivity index (χ3n) is 5.03. The largest absolute Gasteiger partial charge is 0.486 e. The van der Waals surface area contributed by atoms with E-state index in [2.05, 4.69) is 15.4 Å². The lowest BCUT2D eigenvalue weighted by Crippen LogP contribution is -2.13. The highest BCUT2D eigenvalue weighted by molar-refractivity contribution is 7.13.